The predicted octanol–water partition coefficient (Wildman–Crippen LogP) is 10.3. The van der Waals surface area contributed by atoms with Crippen molar-refractivity contribution in [3.8, 4) is 0 Å². The topological polar surface area (TPSA) is 247 Å². The van der Waals surface area contributed by atoms with Crippen LogP contribution in [0.3, 0.4) is 0 Å². The Kier molecular flexibility index (Phi) is 20.7. The lowest BCUT2D eigenvalue weighted by molar-refractivity contribution is -0.134. The Morgan fingerprint density at radius 3 is 1.24 bits per heavy atom. The van der Waals surface area contributed by atoms with Crippen molar-refractivity contribution in [1.29, 1.82) is 0 Å². The largest absolute Gasteiger partial charge is 0.367 e. The van der Waals surface area contributed by atoms with Gasteiger partial charge in [-0.15, -0.1) is 0 Å². The van der Waals surface area contributed by atoms with Gasteiger partial charge in [0.15, 0.2) is 0 Å². The van der Waals surface area contributed by atoms with Crippen LogP contribution >= 0.6 is 0 Å². The molecule has 2 fully saturated rings. The smallest absolute Gasteiger partial charge is 0.225 e. The number of H-pyrrole nitrogens is 5. The molecule has 5 N–H and O–H groups in total. The minimum absolute atomic E-state index is 0.0815. The van der Waals surface area contributed by atoms with Crippen LogP contribution in [0.1, 0.15) is 63.9 Å². The second-order valence-electron chi connectivity index (χ2n) is 24.5. The number of fused-ring (bicyclic) bond motifs is 5. The van der Waals surface area contributed by atoms with Crippen LogP contribution < -0.4 is 9.80 Å². The predicted molar refractivity (Wildman–Crippen MR) is 378 cm³/mol. The quantitative estimate of drug-likeness (QED) is 0.0957. The summed E-state index contributed by atoms with van der Waals surface area (Å²) in [6, 6.07) is 40.9. The average Bonchev–Trinajstić information content (AvgIpc) is 1.71. The molecule has 2 saturated heterocycles. The zero-order valence-electron chi connectivity index (χ0n) is 54.3. The van der Waals surface area contributed by atoms with Gasteiger partial charge in [0.1, 0.15) is 0 Å². The number of nitrogens with one attached hydrogen (secondary N) is 5. The van der Waals surface area contributed by atoms with Crippen molar-refractivity contribution in [2.24, 2.45) is 5.92 Å². The Labute approximate surface area is 549 Å². The van der Waals surface area contributed by atoms with Gasteiger partial charge >= 0.3 is 0 Å². The third-order valence-electron chi connectivity index (χ3n) is 18.0. The number of hydrogen-bond acceptors (Lipinski definition) is 11. The number of anilines is 2. The molecule has 0 bridgehead atoms. The number of rotatable bonds is 8. The molecule has 492 valence electrons. The van der Waals surface area contributed by atoms with E-state index in [1.807, 2.05) is 114 Å². The number of para-hydroxylation sites is 5. The zero-order valence-corrected chi connectivity index (χ0v) is 55.9. The molecule has 0 spiro atoms. The van der Waals surface area contributed by atoms with E-state index in [2.05, 4.69) is 118 Å². The maximum atomic E-state index is 12.0. The first-order valence-corrected chi connectivity index (χ1v) is 35.8. The number of hydrogen-bond donors (Lipinski definition) is 5. The van der Waals surface area contributed by atoms with Crippen molar-refractivity contribution in [3.05, 3.63) is 175 Å². The van der Waals surface area contributed by atoms with Crippen molar-refractivity contribution in [2.75, 3.05) is 114 Å². The van der Waals surface area contributed by atoms with Crippen molar-refractivity contribution in [1.82, 2.24) is 58.7 Å². The molecular weight excluding hydrogens is 1230 g/mol. The molecule has 0 aliphatic carbocycles. The number of amides is 3. The molecular formula is C71H84N14O7S2. The van der Waals surface area contributed by atoms with E-state index in [1.165, 1.54) is 66.4 Å². The molecule has 94 heavy (non-hydrogen) atoms. The summed E-state index contributed by atoms with van der Waals surface area (Å²) in [5.41, 5.74) is 14.8. The Balaban J connectivity index is 0.000000120. The first kappa shape index (κ1) is 66.2. The number of aromatic amines is 5. The van der Waals surface area contributed by atoms with Crippen LogP contribution in [0.15, 0.2) is 158 Å². The highest BCUT2D eigenvalue weighted by Crippen LogP contribution is 2.33. The molecule has 0 radical (unpaired) electrons. The van der Waals surface area contributed by atoms with Crippen molar-refractivity contribution in [2.45, 2.75) is 47.0 Å². The van der Waals surface area contributed by atoms with Crippen LogP contribution in [0.4, 0.5) is 11.4 Å². The minimum atomic E-state index is -3.10. The summed E-state index contributed by atoms with van der Waals surface area (Å²) in [7, 11) is -6.16. The van der Waals surface area contributed by atoms with Gasteiger partial charge in [-0.2, -0.15) is 18.8 Å². The number of carbonyl (C=O) groups is 3. The number of sulfonamides is 2. The second-order valence-corrected chi connectivity index (χ2v) is 28.5. The van der Waals surface area contributed by atoms with Gasteiger partial charge in [-0.05, 0) is 66.3 Å². The number of nitrogens with zero attached hydrogens (tertiary/aromatic N) is 9. The molecule has 5 aromatic heterocycles. The zero-order chi connectivity index (χ0) is 66.1. The molecule has 0 unspecified atom stereocenters. The van der Waals surface area contributed by atoms with Crippen molar-refractivity contribution in [3.63, 3.8) is 0 Å². The second kappa shape index (κ2) is 29.3. The monoisotopic (exact) mass is 1310 g/mol. The molecule has 0 atom stereocenters. The fourth-order valence-electron chi connectivity index (χ4n) is 12.7. The molecule has 15 rings (SSSR count). The summed E-state index contributed by atoms with van der Waals surface area (Å²) in [5, 5.41) is 20.7. The van der Waals surface area contributed by atoms with Gasteiger partial charge in [0.2, 0.25) is 37.8 Å². The molecule has 10 heterocycles. The van der Waals surface area contributed by atoms with Crippen LogP contribution in [0.25, 0.3) is 71.2 Å². The minimum Gasteiger partial charge on any atom is -0.367 e. The van der Waals surface area contributed by atoms with E-state index in [0.717, 1.165) is 122 Å². The third-order valence-corrected chi connectivity index (χ3v) is 20.6. The summed E-state index contributed by atoms with van der Waals surface area (Å²) in [6.45, 7) is 17.1. The molecule has 5 aliphatic heterocycles. The maximum absolute atomic E-state index is 12.0. The summed E-state index contributed by atoms with van der Waals surface area (Å²) in [5.74, 6) is 0.642. The van der Waals surface area contributed by atoms with Crippen LogP contribution in [0, 0.1) is 5.92 Å². The standard InChI is InChI=1S/C17H20N2O.C14H17N3O.C14H15N3O.C13H17N3O2S.C13H15N3O2S/c1-12(2)17(20)19-9-7-13(8-10-19)15-11-18-16-6-4-3-5-14(15)16;1-11(18)16-6-8-17(9-7-16)14-10-15-13-5-3-2-4-12(13)14;1-10(18)17-8-6-11(7-9-17)14-12-4-2-3-5-13(12)15-16-14;1-19(17,18)16-8-6-15(7-9-16)13-10-14-12-5-3-2-4-11(12)13;1-19(17,18)16-8-6-10(7-9-16)13-11-4-2-3-5-12(11)14-15-13/h3-7,11-12,18H,8-10H2,1-2H3;2-5,10,15H,6-9H2,1H3;2-6H,7-9H2,1H3,(H,15,16);2-5,10,14H,6-9H2,1H3;2-6H,7-9H2,1H3,(H,14,15). The molecule has 23 heteroatoms. The van der Waals surface area contributed by atoms with E-state index >= 15 is 0 Å². The Morgan fingerprint density at radius 2 is 0.809 bits per heavy atom. The molecule has 10 aromatic rings. The maximum Gasteiger partial charge on any atom is 0.225 e. The highest BCUT2D eigenvalue weighted by atomic mass is 32.2. The van der Waals surface area contributed by atoms with Crippen LogP contribution in [-0.2, 0) is 34.4 Å². The lowest BCUT2D eigenvalue weighted by Crippen LogP contribution is -2.48. The van der Waals surface area contributed by atoms with E-state index in [0.29, 0.717) is 39.1 Å². The summed E-state index contributed by atoms with van der Waals surface area (Å²) in [4.78, 5) is 54.7. The van der Waals surface area contributed by atoms with Gasteiger partial charge in [-0.3, -0.25) is 24.6 Å². The van der Waals surface area contributed by atoms with E-state index in [-0.39, 0.29) is 23.6 Å². The Hall–Kier alpha value is -9.29. The SMILES string of the molecule is CC(=O)N1CC=C(c2n[nH]c3ccccc23)CC1.CC(=O)N1CCN(c2c[nH]c3ccccc23)CC1.CC(C)C(=O)N1CC=C(c2c[nH]c3ccccc23)CC1.CS(=O)(=O)N1CC=C(c2n[nH]c3ccccc23)CC1.CS(=O)(=O)N1CCN(c2c[nH]c3ccccc23)CC1. The average molecular weight is 1310 g/mol. The molecule has 0 saturated carbocycles. The summed E-state index contributed by atoms with van der Waals surface area (Å²) in [6.07, 6.45) is 17.4. The lowest BCUT2D eigenvalue weighted by Gasteiger charge is -2.35. The highest BCUT2D eigenvalue weighted by Gasteiger charge is 2.27. The number of benzene rings is 5. The number of carbonyl (C=O) groups excluding carboxylic acids is 3. The van der Waals surface area contributed by atoms with Gasteiger partial charge in [0, 0.05) is 179 Å². The Bertz CT molecular complexity index is 4650. The normalized spacial score (nSPS) is 16.7. The first-order valence-electron chi connectivity index (χ1n) is 32.1. The van der Waals surface area contributed by atoms with Gasteiger partial charge in [0.05, 0.1) is 46.3 Å². The van der Waals surface area contributed by atoms with Crippen LogP contribution in [0.2, 0.25) is 0 Å². The third kappa shape index (κ3) is 15.5. The van der Waals surface area contributed by atoms with E-state index in [4.69, 9.17) is 0 Å². The molecule has 21 nitrogen and oxygen atoms in total. The fraction of sp³-hybridized carbons (Fsp3) is 0.338. The van der Waals surface area contributed by atoms with Crippen LogP contribution in [-0.4, -0.2) is 197 Å². The van der Waals surface area contributed by atoms with E-state index < -0.39 is 20.0 Å². The van der Waals surface area contributed by atoms with Gasteiger partial charge < -0.3 is 39.5 Å². The lowest BCUT2D eigenvalue weighted by atomic mass is 9.98. The number of piperazine rings is 2. The van der Waals surface area contributed by atoms with Crippen molar-refractivity contribution >= 4 is 120 Å². The molecule has 5 aromatic carbocycles. The fourth-order valence-corrected chi connectivity index (χ4v) is 14.3. The van der Waals surface area contributed by atoms with Gasteiger partial charge in [-0.1, -0.05) is 123 Å². The Morgan fingerprint density at radius 1 is 0.415 bits per heavy atom. The summed E-state index contributed by atoms with van der Waals surface area (Å²) >= 11 is 0. The molecule has 5 aliphatic rings. The summed E-state index contributed by atoms with van der Waals surface area (Å²) < 4.78 is 48.9. The highest BCUT2D eigenvalue weighted by molar-refractivity contribution is 7.88. The van der Waals surface area contributed by atoms with Crippen LogP contribution in [0.5, 0.6) is 0 Å². The van der Waals surface area contributed by atoms with Gasteiger partial charge in [-0.25, -0.2) is 16.8 Å². The first-order chi connectivity index (χ1) is 45.3. The van der Waals surface area contributed by atoms with Crippen molar-refractivity contribution < 1.29 is 31.2 Å². The number of aromatic nitrogens is 7. The van der Waals surface area contributed by atoms with E-state index in [9.17, 15) is 31.2 Å². The van der Waals surface area contributed by atoms with Gasteiger partial charge in [0.25, 0.3) is 0 Å². The van der Waals surface area contributed by atoms with E-state index in [1.54, 1.807) is 18.2 Å². The molecule has 3 amide bonds.